The summed E-state index contributed by atoms with van der Waals surface area (Å²) in [5.74, 6) is 2.62. The molecule has 5 heteroatoms. The maximum absolute atomic E-state index is 11.1. The molecule has 0 bridgehead atoms. The van der Waals surface area contributed by atoms with Gasteiger partial charge in [0.15, 0.2) is 0 Å². The average Bonchev–Trinajstić information content (AvgIpc) is 2.64. The smallest absolute Gasteiger partial charge is 0.321 e. The normalized spacial score (nSPS) is 22.2. The summed E-state index contributed by atoms with van der Waals surface area (Å²) in [6.07, 6.45) is 0. The molecule has 1 aliphatic heterocycles. The van der Waals surface area contributed by atoms with Crippen LogP contribution >= 0.6 is 11.8 Å². The molecular formula is C11H15NO3S. The van der Waals surface area contributed by atoms with Gasteiger partial charge in [0.1, 0.15) is 17.6 Å². The lowest BCUT2D eigenvalue weighted by Crippen LogP contribution is -2.46. The first-order valence-corrected chi connectivity index (χ1v) is 6.42. The van der Waals surface area contributed by atoms with E-state index in [1.54, 1.807) is 11.8 Å². The molecule has 2 rings (SSSR count). The highest BCUT2D eigenvalue weighted by molar-refractivity contribution is 7.99. The quantitative estimate of drug-likeness (QED) is 0.871. The van der Waals surface area contributed by atoms with E-state index in [4.69, 9.17) is 9.52 Å². The monoisotopic (exact) mass is 241 g/mol. The summed E-state index contributed by atoms with van der Waals surface area (Å²) in [6, 6.07) is 3.43. The van der Waals surface area contributed by atoms with Gasteiger partial charge in [-0.05, 0) is 19.1 Å². The van der Waals surface area contributed by atoms with E-state index in [9.17, 15) is 4.79 Å². The third kappa shape index (κ3) is 2.59. The minimum absolute atomic E-state index is 0.385. The molecule has 1 aromatic heterocycles. The molecule has 88 valence electrons. The fourth-order valence-corrected chi connectivity index (χ4v) is 2.93. The number of hydrogen-bond donors (Lipinski definition) is 1. The lowest BCUT2D eigenvalue weighted by Gasteiger charge is -2.31. The number of nitrogens with zero attached hydrogens (tertiary/aromatic N) is 1. The average molecular weight is 241 g/mol. The molecular weight excluding hydrogens is 226 g/mol. The number of aryl methyl sites for hydroxylation is 1. The van der Waals surface area contributed by atoms with Crippen molar-refractivity contribution in [3.63, 3.8) is 0 Å². The van der Waals surface area contributed by atoms with Gasteiger partial charge < -0.3 is 9.52 Å². The van der Waals surface area contributed by atoms with Crippen LogP contribution in [-0.2, 0) is 11.3 Å². The Bertz CT molecular complexity index is 377. The molecule has 1 N–H and O–H groups in total. The van der Waals surface area contributed by atoms with Crippen LogP contribution in [0, 0.1) is 6.92 Å². The first-order chi connectivity index (χ1) is 7.66. The van der Waals surface area contributed by atoms with E-state index in [-0.39, 0.29) is 6.04 Å². The Labute approximate surface area is 98.6 Å². The van der Waals surface area contributed by atoms with E-state index >= 15 is 0 Å². The second-order valence-corrected chi connectivity index (χ2v) is 5.06. The van der Waals surface area contributed by atoms with Crippen molar-refractivity contribution < 1.29 is 14.3 Å². The largest absolute Gasteiger partial charge is 0.480 e. The highest BCUT2D eigenvalue weighted by Crippen LogP contribution is 2.20. The van der Waals surface area contributed by atoms with Crippen molar-refractivity contribution in [2.75, 3.05) is 18.1 Å². The van der Waals surface area contributed by atoms with Crippen LogP contribution in [0.5, 0.6) is 0 Å². The Morgan fingerprint density at radius 2 is 2.50 bits per heavy atom. The molecule has 1 saturated heterocycles. The lowest BCUT2D eigenvalue weighted by molar-refractivity contribution is -0.142. The van der Waals surface area contributed by atoms with Gasteiger partial charge in [0.25, 0.3) is 0 Å². The minimum atomic E-state index is -0.740. The molecule has 2 heterocycles. The topological polar surface area (TPSA) is 53.7 Å². The molecule has 1 aromatic rings. The van der Waals surface area contributed by atoms with E-state index < -0.39 is 5.97 Å². The molecule has 1 aliphatic rings. The van der Waals surface area contributed by atoms with Gasteiger partial charge in [0.05, 0.1) is 6.54 Å². The minimum Gasteiger partial charge on any atom is -0.480 e. The lowest BCUT2D eigenvalue weighted by atomic mass is 10.2. The standard InChI is InChI=1S/C11H15NO3S/c1-8-2-3-9(15-8)6-12-4-5-16-7-10(12)11(13)14/h2-3,10H,4-7H2,1H3,(H,13,14). The molecule has 0 spiro atoms. The third-order valence-electron chi connectivity index (χ3n) is 2.68. The van der Waals surface area contributed by atoms with Crippen LogP contribution in [0.1, 0.15) is 11.5 Å². The Kier molecular flexibility index (Phi) is 3.56. The van der Waals surface area contributed by atoms with Crippen molar-refractivity contribution in [1.29, 1.82) is 0 Å². The van der Waals surface area contributed by atoms with Crippen LogP contribution in [0.2, 0.25) is 0 Å². The second-order valence-electron chi connectivity index (χ2n) is 3.91. The molecule has 16 heavy (non-hydrogen) atoms. The van der Waals surface area contributed by atoms with Gasteiger partial charge in [-0.1, -0.05) is 0 Å². The van der Waals surface area contributed by atoms with Gasteiger partial charge in [-0.3, -0.25) is 9.69 Å². The molecule has 0 aliphatic carbocycles. The Hall–Kier alpha value is -0.940. The molecule has 0 amide bonds. The molecule has 0 radical (unpaired) electrons. The van der Waals surface area contributed by atoms with Gasteiger partial charge in [0, 0.05) is 18.1 Å². The Morgan fingerprint density at radius 1 is 1.69 bits per heavy atom. The summed E-state index contributed by atoms with van der Waals surface area (Å²) in [7, 11) is 0. The number of hydrogen-bond acceptors (Lipinski definition) is 4. The Morgan fingerprint density at radius 3 is 3.12 bits per heavy atom. The van der Waals surface area contributed by atoms with Crippen LogP contribution in [0.25, 0.3) is 0 Å². The highest BCUT2D eigenvalue weighted by Gasteiger charge is 2.29. The zero-order chi connectivity index (χ0) is 11.5. The van der Waals surface area contributed by atoms with Gasteiger partial charge in [-0.15, -0.1) is 0 Å². The second kappa shape index (κ2) is 4.93. The van der Waals surface area contributed by atoms with E-state index in [0.29, 0.717) is 12.3 Å². The first-order valence-electron chi connectivity index (χ1n) is 5.27. The molecule has 1 fully saturated rings. The first kappa shape index (κ1) is 11.5. The summed E-state index contributed by atoms with van der Waals surface area (Å²) in [5.41, 5.74) is 0. The summed E-state index contributed by atoms with van der Waals surface area (Å²) in [4.78, 5) is 13.0. The van der Waals surface area contributed by atoms with Gasteiger partial charge in [0.2, 0.25) is 0 Å². The van der Waals surface area contributed by atoms with Crippen molar-refractivity contribution in [3.8, 4) is 0 Å². The predicted octanol–water partition coefficient (Wildman–Crippen LogP) is 1.59. The molecule has 4 nitrogen and oxygen atoms in total. The van der Waals surface area contributed by atoms with Gasteiger partial charge in [-0.25, -0.2) is 0 Å². The fraction of sp³-hybridized carbons (Fsp3) is 0.545. The van der Waals surface area contributed by atoms with E-state index in [1.165, 1.54) is 0 Å². The maximum atomic E-state index is 11.1. The zero-order valence-corrected chi connectivity index (χ0v) is 10.00. The number of carboxylic acid groups (broad SMARTS) is 1. The summed E-state index contributed by atoms with van der Waals surface area (Å²) >= 11 is 1.70. The summed E-state index contributed by atoms with van der Waals surface area (Å²) < 4.78 is 5.47. The summed E-state index contributed by atoms with van der Waals surface area (Å²) in [6.45, 7) is 3.29. The van der Waals surface area contributed by atoms with Crippen LogP contribution < -0.4 is 0 Å². The number of carboxylic acids is 1. The number of thioether (sulfide) groups is 1. The number of rotatable bonds is 3. The maximum Gasteiger partial charge on any atom is 0.321 e. The van der Waals surface area contributed by atoms with E-state index in [2.05, 4.69) is 0 Å². The van der Waals surface area contributed by atoms with Crippen LogP contribution in [0.15, 0.2) is 16.5 Å². The van der Waals surface area contributed by atoms with E-state index in [0.717, 1.165) is 23.8 Å². The number of furan rings is 1. The van der Waals surface area contributed by atoms with Crippen molar-refractivity contribution >= 4 is 17.7 Å². The van der Waals surface area contributed by atoms with Crippen molar-refractivity contribution in [2.24, 2.45) is 0 Å². The Balaban J connectivity index is 2.03. The highest BCUT2D eigenvalue weighted by atomic mass is 32.2. The zero-order valence-electron chi connectivity index (χ0n) is 9.18. The predicted molar refractivity (Wildman–Crippen MR) is 62.6 cm³/mol. The van der Waals surface area contributed by atoms with Crippen LogP contribution in [0.3, 0.4) is 0 Å². The van der Waals surface area contributed by atoms with Crippen molar-refractivity contribution in [1.82, 2.24) is 4.90 Å². The van der Waals surface area contributed by atoms with E-state index in [1.807, 2.05) is 24.0 Å². The van der Waals surface area contributed by atoms with Crippen LogP contribution in [0.4, 0.5) is 0 Å². The molecule has 1 atom stereocenters. The van der Waals surface area contributed by atoms with Crippen molar-refractivity contribution in [3.05, 3.63) is 23.7 Å². The SMILES string of the molecule is Cc1ccc(CN2CCSCC2C(=O)O)o1. The molecule has 0 saturated carbocycles. The van der Waals surface area contributed by atoms with Gasteiger partial charge in [-0.2, -0.15) is 11.8 Å². The fourth-order valence-electron chi connectivity index (χ4n) is 1.83. The molecule has 1 unspecified atom stereocenters. The summed E-state index contributed by atoms with van der Waals surface area (Å²) in [5, 5.41) is 9.11. The van der Waals surface area contributed by atoms with Crippen molar-refractivity contribution in [2.45, 2.75) is 19.5 Å². The van der Waals surface area contributed by atoms with Crippen LogP contribution in [-0.4, -0.2) is 40.1 Å². The number of carbonyl (C=O) groups is 1. The van der Waals surface area contributed by atoms with Gasteiger partial charge >= 0.3 is 5.97 Å². The molecule has 0 aromatic carbocycles. The third-order valence-corrected chi connectivity index (χ3v) is 3.70. The number of aliphatic carboxylic acids is 1.